The van der Waals surface area contributed by atoms with Crippen molar-refractivity contribution in [1.82, 2.24) is 0 Å². The summed E-state index contributed by atoms with van der Waals surface area (Å²) in [5, 5.41) is 2.81. The summed E-state index contributed by atoms with van der Waals surface area (Å²) in [6.45, 7) is 0.611. The van der Waals surface area contributed by atoms with E-state index < -0.39 is 0 Å². The van der Waals surface area contributed by atoms with Gasteiger partial charge in [-0.05, 0) is 19.4 Å². The average Bonchev–Trinajstić information content (AvgIpc) is 2.38. The number of unbranched alkanes of at least 4 members (excludes halogenated alkanes) is 1. The molecular formula is C13H20N2O3. The fourth-order valence-electron chi connectivity index (χ4n) is 1.53. The third-order valence-corrected chi connectivity index (χ3v) is 2.49. The van der Waals surface area contributed by atoms with Crippen molar-refractivity contribution in [2.45, 2.75) is 19.3 Å². The summed E-state index contributed by atoms with van der Waals surface area (Å²) in [7, 11) is 3.14. The maximum absolute atomic E-state index is 11.7. The maximum Gasteiger partial charge on any atom is 0.224 e. The molecule has 0 radical (unpaired) electrons. The normalized spacial score (nSPS) is 9.94. The van der Waals surface area contributed by atoms with Crippen LogP contribution in [-0.2, 0) is 4.79 Å². The average molecular weight is 252 g/mol. The molecule has 0 aliphatic carbocycles. The number of carbonyl (C=O) groups excluding carboxylic acids is 1. The smallest absolute Gasteiger partial charge is 0.224 e. The first-order chi connectivity index (χ1) is 8.69. The lowest BCUT2D eigenvalue weighted by molar-refractivity contribution is -0.116. The predicted octanol–water partition coefficient (Wildman–Crippen LogP) is 1.77. The molecule has 5 nitrogen and oxygen atoms in total. The van der Waals surface area contributed by atoms with Crippen molar-refractivity contribution < 1.29 is 14.3 Å². The number of carbonyl (C=O) groups is 1. The molecule has 0 bridgehead atoms. The van der Waals surface area contributed by atoms with Crippen LogP contribution in [0.1, 0.15) is 19.3 Å². The molecule has 0 aromatic heterocycles. The van der Waals surface area contributed by atoms with Gasteiger partial charge in [0.25, 0.3) is 0 Å². The Bertz CT molecular complexity index is 372. The third kappa shape index (κ3) is 4.63. The summed E-state index contributed by atoms with van der Waals surface area (Å²) in [5.41, 5.74) is 6.05. The molecule has 0 fully saturated rings. The quantitative estimate of drug-likeness (QED) is 0.725. The van der Waals surface area contributed by atoms with Crippen LogP contribution in [0.5, 0.6) is 11.5 Å². The van der Waals surface area contributed by atoms with Gasteiger partial charge in [0, 0.05) is 30.3 Å². The van der Waals surface area contributed by atoms with Crippen LogP contribution >= 0.6 is 0 Å². The van der Waals surface area contributed by atoms with Crippen LogP contribution in [0.2, 0.25) is 0 Å². The Morgan fingerprint density at radius 1 is 1.17 bits per heavy atom. The summed E-state index contributed by atoms with van der Waals surface area (Å²) >= 11 is 0. The Morgan fingerprint density at radius 3 is 2.28 bits per heavy atom. The highest BCUT2D eigenvalue weighted by Crippen LogP contribution is 2.25. The van der Waals surface area contributed by atoms with Crippen LogP contribution in [0, 0.1) is 0 Å². The van der Waals surface area contributed by atoms with E-state index in [1.807, 2.05) is 0 Å². The molecule has 18 heavy (non-hydrogen) atoms. The van der Waals surface area contributed by atoms with Gasteiger partial charge in [0.15, 0.2) is 0 Å². The van der Waals surface area contributed by atoms with Crippen LogP contribution in [0.25, 0.3) is 0 Å². The zero-order valence-electron chi connectivity index (χ0n) is 10.9. The van der Waals surface area contributed by atoms with E-state index in [-0.39, 0.29) is 5.91 Å². The summed E-state index contributed by atoms with van der Waals surface area (Å²) in [5.74, 6) is 1.26. The molecule has 0 aliphatic rings. The second-order valence-corrected chi connectivity index (χ2v) is 3.90. The van der Waals surface area contributed by atoms with E-state index in [1.54, 1.807) is 32.4 Å². The summed E-state index contributed by atoms with van der Waals surface area (Å²) in [4.78, 5) is 11.7. The number of nitrogens with one attached hydrogen (secondary N) is 1. The summed E-state index contributed by atoms with van der Waals surface area (Å²) in [6, 6.07) is 5.26. The number of benzene rings is 1. The molecule has 0 saturated heterocycles. The Kier molecular flexibility index (Phi) is 6.00. The molecule has 0 heterocycles. The predicted molar refractivity (Wildman–Crippen MR) is 71.1 cm³/mol. The van der Waals surface area contributed by atoms with E-state index in [0.29, 0.717) is 30.2 Å². The van der Waals surface area contributed by atoms with Gasteiger partial charge < -0.3 is 20.5 Å². The topological polar surface area (TPSA) is 73.6 Å². The number of hydrogen-bond acceptors (Lipinski definition) is 4. The van der Waals surface area contributed by atoms with E-state index in [1.165, 1.54) is 0 Å². The molecule has 0 atom stereocenters. The number of hydrogen-bond donors (Lipinski definition) is 2. The van der Waals surface area contributed by atoms with Crippen molar-refractivity contribution in [1.29, 1.82) is 0 Å². The minimum atomic E-state index is -0.0289. The maximum atomic E-state index is 11.7. The monoisotopic (exact) mass is 252 g/mol. The molecule has 1 amide bonds. The van der Waals surface area contributed by atoms with Crippen LogP contribution in [0.4, 0.5) is 5.69 Å². The van der Waals surface area contributed by atoms with Crippen LogP contribution in [-0.4, -0.2) is 26.7 Å². The van der Waals surface area contributed by atoms with Crippen molar-refractivity contribution >= 4 is 11.6 Å². The molecule has 0 saturated carbocycles. The second-order valence-electron chi connectivity index (χ2n) is 3.90. The Labute approximate surface area is 107 Å². The van der Waals surface area contributed by atoms with E-state index in [0.717, 1.165) is 12.8 Å². The van der Waals surface area contributed by atoms with Crippen molar-refractivity contribution in [3.63, 3.8) is 0 Å². The third-order valence-electron chi connectivity index (χ3n) is 2.49. The van der Waals surface area contributed by atoms with Gasteiger partial charge in [0.05, 0.1) is 14.2 Å². The molecule has 100 valence electrons. The van der Waals surface area contributed by atoms with Gasteiger partial charge in [-0.1, -0.05) is 0 Å². The SMILES string of the molecule is COc1cc(NC(=O)CCCCN)cc(OC)c1. The highest BCUT2D eigenvalue weighted by atomic mass is 16.5. The molecule has 0 unspecified atom stereocenters. The first-order valence-electron chi connectivity index (χ1n) is 5.92. The minimum absolute atomic E-state index is 0.0289. The minimum Gasteiger partial charge on any atom is -0.497 e. The standard InChI is InChI=1S/C13H20N2O3/c1-17-11-7-10(8-12(9-11)18-2)15-13(16)5-3-4-6-14/h7-9H,3-6,14H2,1-2H3,(H,15,16). The number of nitrogens with two attached hydrogens (primary N) is 1. The lowest BCUT2D eigenvalue weighted by Crippen LogP contribution is -2.12. The van der Waals surface area contributed by atoms with Gasteiger partial charge >= 0.3 is 0 Å². The number of amides is 1. The summed E-state index contributed by atoms with van der Waals surface area (Å²) < 4.78 is 10.3. The van der Waals surface area contributed by atoms with E-state index in [2.05, 4.69) is 5.32 Å². The van der Waals surface area contributed by atoms with Gasteiger partial charge in [-0.3, -0.25) is 4.79 Å². The molecular weight excluding hydrogens is 232 g/mol. The van der Waals surface area contributed by atoms with E-state index in [4.69, 9.17) is 15.2 Å². The highest BCUT2D eigenvalue weighted by Gasteiger charge is 2.05. The van der Waals surface area contributed by atoms with Gasteiger partial charge in [0.1, 0.15) is 11.5 Å². The first kappa shape index (κ1) is 14.3. The van der Waals surface area contributed by atoms with E-state index >= 15 is 0 Å². The molecule has 1 aromatic rings. The summed E-state index contributed by atoms with van der Waals surface area (Å²) in [6.07, 6.45) is 2.12. The molecule has 1 aromatic carbocycles. The van der Waals surface area contributed by atoms with Gasteiger partial charge in [-0.2, -0.15) is 0 Å². The van der Waals surface area contributed by atoms with Crippen molar-refractivity contribution in [3.8, 4) is 11.5 Å². The second kappa shape index (κ2) is 7.55. The van der Waals surface area contributed by atoms with Crippen molar-refractivity contribution in [2.24, 2.45) is 5.73 Å². The van der Waals surface area contributed by atoms with Gasteiger partial charge in [-0.25, -0.2) is 0 Å². The van der Waals surface area contributed by atoms with Crippen molar-refractivity contribution in [3.05, 3.63) is 18.2 Å². The van der Waals surface area contributed by atoms with Crippen molar-refractivity contribution in [2.75, 3.05) is 26.1 Å². The largest absolute Gasteiger partial charge is 0.497 e. The number of methoxy groups -OCH3 is 2. The van der Waals surface area contributed by atoms with Crippen LogP contribution < -0.4 is 20.5 Å². The van der Waals surface area contributed by atoms with Crippen LogP contribution in [0.15, 0.2) is 18.2 Å². The Balaban J connectivity index is 2.62. The highest BCUT2D eigenvalue weighted by molar-refractivity contribution is 5.91. The van der Waals surface area contributed by atoms with E-state index in [9.17, 15) is 4.79 Å². The lowest BCUT2D eigenvalue weighted by Gasteiger charge is -2.09. The fourth-order valence-corrected chi connectivity index (χ4v) is 1.53. The first-order valence-corrected chi connectivity index (χ1v) is 5.92. The fraction of sp³-hybridized carbons (Fsp3) is 0.462. The zero-order chi connectivity index (χ0) is 13.4. The Hall–Kier alpha value is -1.75. The molecule has 5 heteroatoms. The molecule has 0 aliphatic heterocycles. The number of ether oxygens (including phenoxy) is 2. The van der Waals surface area contributed by atoms with Gasteiger partial charge in [-0.15, -0.1) is 0 Å². The Morgan fingerprint density at radius 2 is 1.78 bits per heavy atom. The zero-order valence-corrected chi connectivity index (χ0v) is 10.9. The van der Waals surface area contributed by atoms with Crippen LogP contribution in [0.3, 0.4) is 0 Å². The van der Waals surface area contributed by atoms with Gasteiger partial charge in [0.2, 0.25) is 5.91 Å². The number of anilines is 1. The molecule has 3 N–H and O–H groups in total. The number of rotatable bonds is 7. The lowest BCUT2D eigenvalue weighted by atomic mass is 10.2. The molecule has 0 spiro atoms. The molecule has 1 rings (SSSR count).